The fourth-order valence-electron chi connectivity index (χ4n) is 2.74. The van der Waals surface area contributed by atoms with Crippen molar-refractivity contribution < 1.29 is 22.6 Å². The third kappa shape index (κ3) is 2.96. The fraction of sp³-hybridized carbons (Fsp3) is 0.176. The van der Waals surface area contributed by atoms with Crippen molar-refractivity contribution in [1.82, 2.24) is 9.97 Å². The summed E-state index contributed by atoms with van der Waals surface area (Å²) in [6.45, 7) is 0.813. The van der Waals surface area contributed by atoms with Crippen LogP contribution >= 0.6 is 11.6 Å². The third-order valence-corrected chi connectivity index (χ3v) is 4.16. The van der Waals surface area contributed by atoms with Gasteiger partial charge in [-0.05, 0) is 18.2 Å². The van der Waals surface area contributed by atoms with Gasteiger partial charge >= 0.3 is 6.18 Å². The van der Waals surface area contributed by atoms with Gasteiger partial charge in [-0.15, -0.1) is 0 Å². The molecule has 0 saturated carbocycles. The number of benzene rings is 2. The highest BCUT2D eigenvalue weighted by molar-refractivity contribution is 6.31. The molecule has 2 heterocycles. The first-order chi connectivity index (χ1) is 12.4. The van der Waals surface area contributed by atoms with Gasteiger partial charge < -0.3 is 14.8 Å². The summed E-state index contributed by atoms with van der Waals surface area (Å²) in [5.41, 5.74) is -0.631. The number of rotatable bonds is 2. The molecule has 2 aromatic carbocycles. The number of hydrogen-bond acceptors (Lipinski definition) is 5. The minimum atomic E-state index is -4.61. The molecule has 1 aliphatic rings. The Hall–Kier alpha value is -2.74. The zero-order chi connectivity index (χ0) is 18.3. The predicted molar refractivity (Wildman–Crippen MR) is 90.3 cm³/mol. The molecule has 0 bridgehead atoms. The van der Waals surface area contributed by atoms with E-state index in [1.54, 1.807) is 12.1 Å². The maximum absolute atomic E-state index is 13.4. The molecule has 134 valence electrons. The first-order valence-electron chi connectivity index (χ1n) is 7.60. The maximum Gasteiger partial charge on any atom is 0.419 e. The number of hydrogen-bond donors (Lipinski definition) is 1. The highest BCUT2D eigenvalue weighted by atomic mass is 35.5. The Kier molecular flexibility index (Phi) is 3.99. The summed E-state index contributed by atoms with van der Waals surface area (Å²) in [6.07, 6.45) is -3.35. The summed E-state index contributed by atoms with van der Waals surface area (Å²) in [6, 6.07) is 7.22. The molecule has 1 aromatic heterocycles. The van der Waals surface area contributed by atoms with Crippen molar-refractivity contribution >= 4 is 34.0 Å². The van der Waals surface area contributed by atoms with Crippen LogP contribution in [-0.4, -0.2) is 23.2 Å². The Morgan fingerprint density at radius 1 is 1.04 bits per heavy atom. The second-order valence-corrected chi connectivity index (χ2v) is 5.93. The monoisotopic (exact) mass is 381 g/mol. The van der Waals surface area contributed by atoms with Gasteiger partial charge in [0.15, 0.2) is 11.5 Å². The van der Waals surface area contributed by atoms with Gasteiger partial charge in [-0.3, -0.25) is 0 Å². The average Bonchev–Trinajstić information content (AvgIpc) is 2.59. The summed E-state index contributed by atoms with van der Waals surface area (Å²) in [4.78, 5) is 8.22. The molecule has 0 radical (unpaired) electrons. The van der Waals surface area contributed by atoms with E-state index in [2.05, 4.69) is 15.3 Å². The largest absolute Gasteiger partial charge is 0.486 e. The lowest BCUT2D eigenvalue weighted by Gasteiger charge is -2.20. The van der Waals surface area contributed by atoms with Crippen LogP contribution in [0.2, 0.25) is 5.02 Å². The summed E-state index contributed by atoms with van der Waals surface area (Å²) in [7, 11) is 0. The molecule has 26 heavy (non-hydrogen) atoms. The quantitative estimate of drug-likeness (QED) is 0.690. The van der Waals surface area contributed by atoms with Gasteiger partial charge in [-0.1, -0.05) is 17.7 Å². The van der Waals surface area contributed by atoms with Crippen LogP contribution in [0.4, 0.5) is 24.7 Å². The number of nitrogens with one attached hydrogen (secondary N) is 1. The van der Waals surface area contributed by atoms with E-state index in [0.29, 0.717) is 35.6 Å². The maximum atomic E-state index is 13.4. The molecule has 0 aliphatic carbocycles. The lowest BCUT2D eigenvalue weighted by atomic mass is 10.1. The molecule has 4 rings (SSSR count). The highest BCUT2D eigenvalue weighted by Gasteiger charge is 2.36. The standard InChI is InChI=1S/C17H11ClF3N3O2/c18-10-2-1-3-11(15(10)17(19,20)21)24-16-9-6-13-14(26-5-4-25-13)7-12(9)22-8-23-16/h1-3,6-8H,4-5H2,(H,22,23,24). The fourth-order valence-corrected chi connectivity index (χ4v) is 3.02. The summed E-state index contributed by atoms with van der Waals surface area (Å²) in [5.74, 6) is 1.23. The Morgan fingerprint density at radius 2 is 1.77 bits per heavy atom. The first kappa shape index (κ1) is 16.7. The molecular formula is C17H11ClF3N3O2. The minimum Gasteiger partial charge on any atom is -0.486 e. The van der Waals surface area contributed by atoms with E-state index in [4.69, 9.17) is 21.1 Å². The summed E-state index contributed by atoms with van der Waals surface area (Å²) in [5, 5.41) is 2.83. The highest BCUT2D eigenvalue weighted by Crippen LogP contribution is 2.42. The minimum absolute atomic E-state index is 0.195. The van der Waals surface area contributed by atoms with Gasteiger partial charge in [-0.25, -0.2) is 9.97 Å². The zero-order valence-corrected chi connectivity index (χ0v) is 13.9. The van der Waals surface area contributed by atoms with Crippen LogP contribution in [0.25, 0.3) is 10.9 Å². The van der Waals surface area contributed by atoms with Crippen LogP contribution in [-0.2, 0) is 6.18 Å². The van der Waals surface area contributed by atoms with Gasteiger partial charge in [0, 0.05) is 11.5 Å². The molecular weight excluding hydrogens is 371 g/mol. The van der Waals surface area contributed by atoms with E-state index >= 15 is 0 Å². The zero-order valence-electron chi connectivity index (χ0n) is 13.1. The van der Waals surface area contributed by atoms with E-state index in [1.165, 1.54) is 24.5 Å². The summed E-state index contributed by atoms with van der Waals surface area (Å²) >= 11 is 5.76. The van der Waals surface area contributed by atoms with Crippen molar-refractivity contribution in [2.45, 2.75) is 6.18 Å². The average molecular weight is 382 g/mol. The molecule has 1 N–H and O–H groups in total. The van der Waals surface area contributed by atoms with E-state index < -0.39 is 16.8 Å². The molecule has 5 nitrogen and oxygen atoms in total. The molecule has 0 unspecified atom stereocenters. The predicted octanol–water partition coefficient (Wildman–Crippen LogP) is 4.82. The van der Waals surface area contributed by atoms with Gasteiger partial charge in [-0.2, -0.15) is 13.2 Å². The topological polar surface area (TPSA) is 56.3 Å². The van der Waals surface area contributed by atoms with E-state index in [1.807, 2.05) is 0 Å². The normalized spacial score (nSPS) is 13.7. The van der Waals surface area contributed by atoms with Crippen molar-refractivity contribution in [2.24, 2.45) is 0 Å². The number of nitrogens with zero attached hydrogens (tertiary/aromatic N) is 2. The van der Waals surface area contributed by atoms with Crippen molar-refractivity contribution in [3.63, 3.8) is 0 Å². The number of ether oxygens (including phenoxy) is 2. The van der Waals surface area contributed by atoms with Crippen molar-refractivity contribution in [2.75, 3.05) is 18.5 Å². The lowest BCUT2D eigenvalue weighted by molar-refractivity contribution is -0.136. The molecule has 1 aliphatic heterocycles. The Balaban J connectivity index is 1.83. The molecule has 3 aromatic rings. The van der Waals surface area contributed by atoms with E-state index in [0.717, 1.165) is 0 Å². The van der Waals surface area contributed by atoms with Gasteiger partial charge in [0.25, 0.3) is 0 Å². The van der Waals surface area contributed by atoms with Crippen molar-refractivity contribution in [1.29, 1.82) is 0 Å². The number of alkyl halides is 3. The molecule has 0 saturated heterocycles. The molecule has 9 heteroatoms. The summed E-state index contributed by atoms with van der Waals surface area (Å²) < 4.78 is 51.1. The van der Waals surface area contributed by atoms with Crippen LogP contribution in [0.3, 0.4) is 0 Å². The van der Waals surface area contributed by atoms with Crippen molar-refractivity contribution in [3.8, 4) is 11.5 Å². The second-order valence-electron chi connectivity index (χ2n) is 5.52. The molecule has 0 spiro atoms. The smallest absolute Gasteiger partial charge is 0.419 e. The van der Waals surface area contributed by atoms with E-state index in [9.17, 15) is 13.2 Å². The molecule has 0 fully saturated rings. The van der Waals surface area contributed by atoms with Crippen LogP contribution in [0, 0.1) is 0 Å². The lowest BCUT2D eigenvalue weighted by Crippen LogP contribution is -2.15. The van der Waals surface area contributed by atoms with Crippen LogP contribution in [0.5, 0.6) is 11.5 Å². The Morgan fingerprint density at radius 3 is 2.50 bits per heavy atom. The van der Waals surface area contributed by atoms with Gasteiger partial charge in [0.1, 0.15) is 25.4 Å². The van der Waals surface area contributed by atoms with Crippen LogP contribution < -0.4 is 14.8 Å². The van der Waals surface area contributed by atoms with Gasteiger partial charge in [0.05, 0.1) is 21.8 Å². The van der Waals surface area contributed by atoms with Gasteiger partial charge in [0.2, 0.25) is 0 Å². The molecule has 0 amide bonds. The van der Waals surface area contributed by atoms with Crippen LogP contribution in [0.15, 0.2) is 36.7 Å². The number of fused-ring (bicyclic) bond motifs is 2. The van der Waals surface area contributed by atoms with E-state index in [-0.39, 0.29) is 11.5 Å². The molecule has 0 atom stereocenters. The number of aromatic nitrogens is 2. The van der Waals surface area contributed by atoms with Crippen molar-refractivity contribution in [3.05, 3.63) is 47.2 Å². The van der Waals surface area contributed by atoms with Crippen LogP contribution in [0.1, 0.15) is 5.56 Å². The Labute approximate surface area is 150 Å². The second kappa shape index (κ2) is 6.21. The first-order valence-corrected chi connectivity index (χ1v) is 7.98. The third-order valence-electron chi connectivity index (χ3n) is 3.85. The SMILES string of the molecule is FC(F)(F)c1c(Cl)cccc1Nc1ncnc2cc3c(cc12)OCCO3. The number of anilines is 2. The Bertz CT molecular complexity index is 995. The number of halogens is 4.